The number of hydrogen-bond acceptors (Lipinski definition) is 2. The topological polar surface area (TPSA) is 32.3 Å². The third-order valence-corrected chi connectivity index (χ3v) is 4.13. The van der Waals surface area contributed by atoms with Crippen molar-refractivity contribution in [1.82, 2.24) is 5.32 Å². The van der Waals surface area contributed by atoms with Gasteiger partial charge in [-0.05, 0) is 38.5 Å². The summed E-state index contributed by atoms with van der Waals surface area (Å²) in [6, 6.07) is 0.553. The summed E-state index contributed by atoms with van der Waals surface area (Å²) in [7, 11) is 0. The van der Waals surface area contributed by atoms with Crippen molar-refractivity contribution >= 4 is 0 Å². The summed E-state index contributed by atoms with van der Waals surface area (Å²) in [5.41, 5.74) is -0.577. The second kappa shape index (κ2) is 5.31. The molecule has 2 nitrogen and oxygen atoms in total. The largest absolute Gasteiger partial charge is 0.389 e. The van der Waals surface area contributed by atoms with E-state index in [1.807, 2.05) is 6.92 Å². The summed E-state index contributed by atoms with van der Waals surface area (Å²) in [5.74, 6) is 1.13. The van der Waals surface area contributed by atoms with E-state index in [-0.39, 0.29) is 0 Å². The minimum absolute atomic E-state index is 0.306. The van der Waals surface area contributed by atoms with Gasteiger partial charge in [0.2, 0.25) is 0 Å². The second-order valence-electron chi connectivity index (χ2n) is 5.73. The van der Waals surface area contributed by atoms with Crippen LogP contribution in [0.5, 0.6) is 0 Å². The van der Waals surface area contributed by atoms with Crippen LogP contribution in [-0.2, 0) is 0 Å². The van der Waals surface area contributed by atoms with Crippen LogP contribution in [0.1, 0.15) is 53.4 Å². The van der Waals surface area contributed by atoms with E-state index in [1.54, 1.807) is 0 Å². The van der Waals surface area contributed by atoms with Crippen LogP contribution in [0.2, 0.25) is 0 Å². The first-order valence-electron chi connectivity index (χ1n) is 6.39. The highest BCUT2D eigenvalue weighted by molar-refractivity contribution is 4.83. The molecule has 0 amide bonds. The summed E-state index contributed by atoms with van der Waals surface area (Å²) in [4.78, 5) is 0. The Morgan fingerprint density at radius 2 is 1.80 bits per heavy atom. The molecule has 2 N–H and O–H groups in total. The van der Waals surface area contributed by atoms with Crippen LogP contribution in [0.3, 0.4) is 0 Å². The first kappa shape index (κ1) is 13.0. The Hall–Kier alpha value is -0.0800. The van der Waals surface area contributed by atoms with Crippen molar-refractivity contribution in [2.45, 2.75) is 65.0 Å². The quantitative estimate of drug-likeness (QED) is 0.735. The van der Waals surface area contributed by atoms with Gasteiger partial charge < -0.3 is 10.4 Å². The Morgan fingerprint density at radius 1 is 1.27 bits per heavy atom. The van der Waals surface area contributed by atoms with Crippen LogP contribution in [0.25, 0.3) is 0 Å². The second-order valence-corrected chi connectivity index (χ2v) is 5.73. The van der Waals surface area contributed by atoms with Crippen LogP contribution in [0, 0.1) is 11.8 Å². The molecule has 0 radical (unpaired) electrons. The van der Waals surface area contributed by atoms with Crippen LogP contribution >= 0.6 is 0 Å². The highest BCUT2D eigenvalue weighted by atomic mass is 16.3. The van der Waals surface area contributed by atoms with Crippen LogP contribution in [0.4, 0.5) is 0 Å². The maximum Gasteiger partial charge on any atom is 0.0766 e. The molecule has 1 rings (SSSR count). The molecule has 0 aromatic heterocycles. The lowest BCUT2D eigenvalue weighted by Gasteiger charge is -2.31. The van der Waals surface area contributed by atoms with E-state index in [4.69, 9.17) is 0 Å². The van der Waals surface area contributed by atoms with Crippen LogP contribution < -0.4 is 5.32 Å². The van der Waals surface area contributed by atoms with E-state index in [1.165, 1.54) is 25.7 Å². The first-order valence-corrected chi connectivity index (χ1v) is 6.39. The molecule has 0 aromatic carbocycles. The molecule has 2 heteroatoms. The molecule has 90 valence electrons. The third-order valence-electron chi connectivity index (χ3n) is 4.13. The van der Waals surface area contributed by atoms with E-state index >= 15 is 0 Å². The third kappa shape index (κ3) is 3.76. The number of rotatable bonds is 5. The monoisotopic (exact) mass is 213 g/mol. The fourth-order valence-electron chi connectivity index (χ4n) is 2.20. The molecule has 1 aliphatic carbocycles. The summed E-state index contributed by atoms with van der Waals surface area (Å²) in [5, 5.41) is 13.6. The Morgan fingerprint density at radius 3 is 2.27 bits per heavy atom. The average molecular weight is 213 g/mol. The maximum absolute atomic E-state index is 10.1. The molecule has 1 aliphatic rings. The highest BCUT2D eigenvalue weighted by Crippen LogP contribution is 2.27. The SMILES string of the molecule is CC(C)C(C)(O)CN[C@@H](C)C1CCCC1. The van der Waals surface area contributed by atoms with E-state index in [0.717, 1.165) is 5.92 Å². The number of nitrogens with one attached hydrogen (secondary N) is 1. The zero-order valence-corrected chi connectivity index (χ0v) is 10.7. The van der Waals surface area contributed by atoms with Crippen molar-refractivity contribution in [3.8, 4) is 0 Å². The van der Waals surface area contributed by atoms with Crippen molar-refractivity contribution in [3.05, 3.63) is 0 Å². The van der Waals surface area contributed by atoms with Gasteiger partial charge in [-0.2, -0.15) is 0 Å². The van der Waals surface area contributed by atoms with Gasteiger partial charge in [0.15, 0.2) is 0 Å². The maximum atomic E-state index is 10.1. The molecule has 0 aliphatic heterocycles. The fraction of sp³-hybridized carbons (Fsp3) is 1.00. The lowest BCUT2D eigenvalue weighted by atomic mass is 9.91. The molecule has 1 unspecified atom stereocenters. The molecule has 0 heterocycles. The lowest BCUT2D eigenvalue weighted by molar-refractivity contribution is 0.0107. The molecule has 1 fully saturated rings. The van der Waals surface area contributed by atoms with Crippen molar-refractivity contribution in [2.24, 2.45) is 11.8 Å². The standard InChI is InChI=1S/C13H27NO/c1-10(2)13(4,15)9-14-11(3)12-7-5-6-8-12/h10-12,14-15H,5-9H2,1-4H3/t11-,13?/m0/s1. The van der Waals surface area contributed by atoms with Gasteiger partial charge in [0.1, 0.15) is 0 Å². The summed E-state index contributed by atoms with van der Waals surface area (Å²) < 4.78 is 0. The highest BCUT2D eigenvalue weighted by Gasteiger charge is 2.27. The number of aliphatic hydroxyl groups is 1. The molecular formula is C13H27NO. The van der Waals surface area contributed by atoms with Gasteiger partial charge in [0.25, 0.3) is 0 Å². The molecule has 2 atom stereocenters. The fourth-order valence-corrected chi connectivity index (χ4v) is 2.20. The Balaban J connectivity index is 2.29. The zero-order valence-electron chi connectivity index (χ0n) is 10.7. The lowest BCUT2D eigenvalue weighted by Crippen LogP contribution is -2.46. The first-order chi connectivity index (χ1) is 6.93. The predicted molar refractivity (Wildman–Crippen MR) is 64.9 cm³/mol. The molecule has 0 aromatic rings. The van der Waals surface area contributed by atoms with E-state index in [9.17, 15) is 5.11 Å². The van der Waals surface area contributed by atoms with Crippen molar-refractivity contribution < 1.29 is 5.11 Å². The van der Waals surface area contributed by atoms with E-state index < -0.39 is 5.60 Å². The Bertz CT molecular complexity index is 183. The van der Waals surface area contributed by atoms with Gasteiger partial charge in [0.05, 0.1) is 5.60 Å². The summed E-state index contributed by atoms with van der Waals surface area (Å²) in [6.45, 7) is 9.03. The van der Waals surface area contributed by atoms with E-state index in [2.05, 4.69) is 26.1 Å². The van der Waals surface area contributed by atoms with Gasteiger partial charge in [-0.1, -0.05) is 26.7 Å². The van der Waals surface area contributed by atoms with Crippen LogP contribution in [0.15, 0.2) is 0 Å². The van der Waals surface area contributed by atoms with Gasteiger partial charge in [-0.15, -0.1) is 0 Å². The minimum atomic E-state index is -0.577. The van der Waals surface area contributed by atoms with Crippen LogP contribution in [-0.4, -0.2) is 23.3 Å². The van der Waals surface area contributed by atoms with Gasteiger partial charge in [-0.25, -0.2) is 0 Å². The smallest absolute Gasteiger partial charge is 0.0766 e. The average Bonchev–Trinajstić information content (AvgIpc) is 2.66. The Kier molecular flexibility index (Phi) is 4.60. The predicted octanol–water partition coefficient (Wildman–Crippen LogP) is 2.56. The van der Waals surface area contributed by atoms with Crippen molar-refractivity contribution in [3.63, 3.8) is 0 Å². The van der Waals surface area contributed by atoms with Gasteiger partial charge in [-0.3, -0.25) is 0 Å². The summed E-state index contributed by atoms with van der Waals surface area (Å²) >= 11 is 0. The molecular weight excluding hydrogens is 186 g/mol. The molecule has 0 bridgehead atoms. The normalized spacial score (nSPS) is 24.4. The van der Waals surface area contributed by atoms with Gasteiger partial charge >= 0.3 is 0 Å². The zero-order chi connectivity index (χ0) is 11.5. The molecule has 15 heavy (non-hydrogen) atoms. The van der Waals surface area contributed by atoms with Crippen molar-refractivity contribution in [1.29, 1.82) is 0 Å². The number of hydrogen-bond donors (Lipinski definition) is 2. The van der Waals surface area contributed by atoms with Gasteiger partial charge in [0, 0.05) is 12.6 Å². The molecule has 0 saturated heterocycles. The summed E-state index contributed by atoms with van der Waals surface area (Å²) in [6.07, 6.45) is 5.49. The molecule has 1 saturated carbocycles. The van der Waals surface area contributed by atoms with Crippen molar-refractivity contribution in [2.75, 3.05) is 6.54 Å². The molecule has 0 spiro atoms. The Labute approximate surface area is 94.5 Å². The minimum Gasteiger partial charge on any atom is -0.389 e. The van der Waals surface area contributed by atoms with E-state index in [0.29, 0.717) is 18.5 Å².